The van der Waals surface area contributed by atoms with Crippen LogP contribution in [0, 0.1) is 0 Å². The van der Waals surface area contributed by atoms with Crippen LogP contribution in [0.2, 0.25) is 0 Å². The molecule has 0 aliphatic rings. The zero-order valence-corrected chi connectivity index (χ0v) is 7.78. The molecule has 0 aromatic heterocycles. The second kappa shape index (κ2) is 5.01. The quantitative estimate of drug-likeness (QED) is 0.300. The van der Waals surface area contributed by atoms with Gasteiger partial charge in [0.05, 0.1) is 0 Å². The van der Waals surface area contributed by atoms with Gasteiger partial charge in [-0.2, -0.15) is 0 Å². The average Bonchev–Trinajstić information content (AvgIpc) is 1.95. The molecule has 7 heteroatoms. The van der Waals surface area contributed by atoms with E-state index in [0.717, 1.165) is 6.08 Å². The van der Waals surface area contributed by atoms with E-state index < -0.39 is 19.6 Å². The molecule has 76 valence electrons. The van der Waals surface area contributed by atoms with Gasteiger partial charge in [-0.25, -0.2) is 0 Å². The Bertz CT molecular complexity index is 252. The van der Waals surface area contributed by atoms with E-state index in [1.54, 1.807) is 6.92 Å². The van der Waals surface area contributed by atoms with Crippen LogP contribution < -0.4 is 14.9 Å². The lowest BCUT2D eigenvalue weighted by Crippen LogP contribution is -2.28. The van der Waals surface area contributed by atoms with Crippen LogP contribution in [0.1, 0.15) is 19.8 Å². The van der Waals surface area contributed by atoms with Crippen LogP contribution in [0.4, 0.5) is 0 Å². The van der Waals surface area contributed by atoms with Crippen LogP contribution in [0.3, 0.4) is 0 Å². The number of carboxylic acids is 1. The third-order valence-electron chi connectivity index (χ3n) is 1.03. The first-order chi connectivity index (χ1) is 5.87. The Morgan fingerprint density at radius 2 is 2.08 bits per heavy atom. The van der Waals surface area contributed by atoms with Gasteiger partial charge in [0.25, 0.3) is 0 Å². The number of phosphoric ester groups is 1. The molecule has 0 saturated heterocycles. The number of unbranched alkanes of at least 4 members (excludes halogenated alkanes) is 1. The van der Waals surface area contributed by atoms with Crippen LogP contribution in [0.5, 0.6) is 0 Å². The van der Waals surface area contributed by atoms with E-state index in [0.29, 0.717) is 12.8 Å². The van der Waals surface area contributed by atoms with E-state index in [1.165, 1.54) is 0 Å². The Morgan fingerprint density at radius 1 is 1.54 bits per heavy atom. The first kappa shape index (κ1) is 12.2. The number of allylic oxidation sites excluding steroid dienone is 1. The summed E-state index contributed by atoms with van der Waals surface area (Å²) < 4.78 is 13.7. The van der Waals surface area contributed by atoms with Crippen LogP contribution in [-0.2, 0) is 13.9 Å². The first-order valence-electron chi connectivity index (χ1n) is 3.50. The third-order valence-corrected chi connectivity index (χ3v) is 1.45. The molecular weight excluding hydrogens is 199 g/mol. The highest BCUT2D eigenvalue weighted by molar-refractivity contribution is 7.43. The molecule has 0 fully saturated rings. The van der Waals surface area contributed by atoms with Gasteiger partial charge in [0.2, 0.25) is 0 Å². The van der Waals surface area contributed by atoms with Gasteiger partial charge >= 0.3 is 0 Å². The van der Waals surface area contributed by atoms with Gasteiger partial charge in [0, 0.05) is 0 Å². The van der Waals surface area contributed by atoms with Crippen molar-refractivity contribution in [3.63, 3.8) is 0 Å². The van der Waals surface area contributed by atoms with E-state index in [1.807, 2.05) is 0 Å². The van der Waals surface area contributed by atoms with Gasteiger partial charge in [0.15, 0.2) is 0 Å². The van der Waals surface area contributed by atoms with E-state index in [2.05, 4.69) is 4.52 Å². The Labute approximate surface area is 75.1 Å². The van der Waals surface area contributed by atoms with Crippen LogP contribution >= 0.6 is 7.82 Å². The van der Waals surface area contributed by atoms with Crippen molar-refractivity contribution in [1.29, 1.82) is 0 Å². The van der Waals surface area contributed by atoms with Crippen LogP contribution in [0.15, 0.2) is 11.8 Å². The summed E-state index contributed by atoms with van der Waals surface area (Å²) >= 11 is 0. The number of carbonyl (C=O) groups excluding carboxylic acids is 1. The Morgan fingerprint density at radius 3 is 2.38 bits per heavy atom. The van der Waals surface area contributed by atoms with Gasteiger partial charge in [-0.05, 0) is 12.5 Å². The molecule has 0 spiro atoms. The van der Waals surface area contributed by atoms with E-state index >= 15 is 0 Å². The summed E-state index contributed by atoms with van der Waals surface area (Å²) in [6.07, 6.45) is 1.88. The number of phosphoric acid groups is 1. The maximum absolute atomic E-state index is 10.2. The summed E-state index contributed by atoms with van der Waals surface area (Å²) in [5.74, 6) is -2.77. The zero-order valence-electron chi connectivity index (χ0n) is 6.89. The molecule has 0 N–H and O–H groups in total. The van der Waals surface area contributed by atoms with Gasteiger partial charge in [-0.3, -0.25) is 0 Å². The summed E-state index contributed by atoms with van der Waals surface area (Å²) in [5.41, 5.74) is 0. The molecule has 6 nitrogen and oxygen atoms in total. The Balaban J connectivity index is 4.45. The minimum Gasteiger partial charge on any atom is -0.780 e. The molecule has 0 radical (unpaired) electrons. The van der Waals surface area contributed by atoms with Gasteiger partial charge in [-0.15, -0.1) is 0 Å². The topological polar surface area (TPSA) is 113 Å². The van der Waals surface area contributed by atoms with Crippen molar-refractivity contribution in [3.8, 4) is 0 Å². The van der Waals surface area contributed by atoms with Gasteiger partial charge in [0.1, 0.15) is 19.6 Å². The predicted molar refractivity (Wildman–Crippen MR) is 36.7 cm³/mol. The van der Waals surface area contributed by atoms with Crippen molar-refractivity contribution in [1.82, 2.24) is 0 Å². The second-order valence-corrected chi connectivity index (χ2v) is 3.26. The molecule has 0 bridgehead atoms. The SMILES string of the molecule is CCCC=C(OP(=O)([O-])[O-])C(=O)[O-]. The van der Waals surface area contributed by atoms with Gasteiger partial charge in [-0.1, -0.05) is 13.3 Å². The summed E-state index contributed by atoms with van der Waals surface area (Å²) in [6.45, 7) is 1.75. The number of hydrogen-bond acceptors (Lipinski definition) is 6. The first-order valence-corrected chi connectivity index (χ1v) is 4.96. The maximum Gasteiger partial charge on any atom is 0.143 e. The minimum absolute atomic E-state index is 0.295. The Kier molecular flexibility index (Phi) is 4.69. The lowest BCUT2D eigenvalue weighted by molar-refractivity contribution is -0.342. The van der Waals surface area contributed by atoms with Crippen molar-refractivity contribution in [2.75, 3.05) is 0 Å². The molecule has 0 amide bonds. The molecule has 0 aromatic carbocycles. The molecule has 0 aliphatic carbocycles. The molecule has 0 aromatic rings. The van der Waals surface area contributed by atoms with Crippen molar-refractivity contribution in [2.45, 2.75) is 19.8 Å². The van der Waals surface area contributed by atoms with Crippen molar-refractivity contribution < 1.29 is 28.8 Å². The summed E-state index contributed by atoms with van der Waals surface area (Å²) in [6, 6.07) is 0. The predicted octanol–water partition coefficient (Wildman–Crippen LogP) is -1.73. The van der Waals surface area contributed by atoms with E-state index in [9.17, 15) is 24.3 Å². The molecule has 0 saturated carbocycles. The second-order valence-electron chi connectivity index (χ2n) is 2.18. The van der Waals surface area contributed by atoms with E-state index in [4.69, 9.17) is 0 Å². The fraction of sp³-hybridized carbons (Fsp3) is 0.500. The summed E-state index contributed by atoms with van der Waals surface area (Å²) in [4.78, 5) is 30.2. The number of aliphatic carboxylic acids is 1. The summed E-state index contributed by atoms with van der Waals surface area (Å²) in [7, 11) is -5.31. The maximum atomic E-state index is 10.2. The van der Waals surface area contributed by atoms with Crippen LogP contribution in [-0.4, -0.2) is 5.97 Å². The lowest BCUT2D eigenvalue weighted by Gasteiger charge is -2.30. The largest absolute Gasteiger partial charge is 0.780 e. The smallest absolute Gasteiger partial charge is 0.143 e. The number of hydrogen-bond donors (Lipinski definition) is 0. The molecule has 0 rings (SSSR count). The normalized spacial score (nSPS) is 12.7. The highest BCUT2D eigenvalue weighted by atomic mass is 31.2. The fourth-order valence-electron chi connectivity index (χ4n) is 0.554. The fourth-order valence-corrected chi connectivity index (χ4v) is 0.944. The molecule has 0 heterocycles. The van der Waals surface area contributed by atoms with E-state index in [-0.39, 0.29) is 0 Å². The zero-order chi connectivity index (χ0) is 10.5. The molecule has 0 aliphatic heterocycles. The number of carboxylic acid groups (broad SMARTS) is 1. The minimum atomic E-state index is -5.31. The summed E-state index contributed by atoms with van der Waals surface area (Å²) in [5, 5.41) is 10.2. The standard InChI is InChI=1S/C6H11O6P/c1-2-3-4-5(6(7)8)12-13(9,10)11/h4H,2-3H2,1H3,(H,7,8)(H2,9,10,11)/p-3. The highest BCUT2D eigenvalue weighted by Gasteiger charge is 2.01. The number of rotatable bonds is 5. The monoisotopic (exact) mass is 207 g/mol. The molecular formula is C6H8O6P-3. The Hall–Kier alpha value is -0.840. The number of carbonyl (C=O) groups is 1. The molecule has 13 heavy (non-hydrogen) atoms. The van der Waals surface area contributed by atoms with Crippen molar-refractivity contribution in [2.24, 2.45) is 0 Å². The van der Waals surface area contributed by atoms with Crippen molar-refractivity contribution >= 4 is 13.8 Å². The lowest BCUT2D eigenvalue weighted by atomic mass is 10.3. The highest BCUT2D eigenvalue weighted by Crippen LogP contribution is 2.28. The molecule has 0 atom stereocenters. The van der Waals surface area contributed by atoms with Crippen molar-refractivity contribution in [3.05, 3.63) is 11.8 Å². The van der Waals surface area contributed by atoms with Crippen LogP contribution in [0.25, 0.3) is 0 Å². The molecule has 0 unspecified atom stereocenters. The average molecular weight is 207 g/mol. The van der Waals surface area contributed by atoms with Gasteiger partial charge < -0.3 is 28.8 Å². The third kappa shape index (κ3) is 6.33.